The van der Waals surface area contributed by atoms with E-state index in [4.69, 9.17) is 4.74 Å². The third-order valence-electron chi connectivity index (χ3n) is 3.57. The van der Waals surface area contributed by atoms with Crippen molar-refractivity contribution in [1.29, 1.82) is 0 Å². The number of ether oxygens (including phenoxy) is 1. The monoisotopic (exact) mass is 203 g/mol. The SMILES string of the molecule is COc1ccc2c(c1)CCC(C1CC1)N2. The van der Waals surface area contributed by atoms with Gasteiger partial charge in [-0.3, -0.25) is 0 Å². The van der Waals surface area contributed by atoms with Crippen LogP contribution in [0, 0.1) is 5.92 Å². The number of aryl methyl sites for hydroxylation is 1. The van der Waals surface area contributed by atoms with Gasteiger partial charge in [-0.1, -0.05) is 0 Å². The van der Waals surface area contributed by atoms with Gasteiger partial charge in [0.15, 0.2) is 0 Å². The van der Waals surface area contributed by atoms with E-state index in [-0.39, 0.29) is 0 Å². The molecule has 1 heterocycles. The Kier molecular flexibility index (Phi) is 2.08. The standard InChI is InChI=1S/C13H17NO/c1-15-11-5-7-13-10(8-11)4-6-12(14-13)9-2-3-9/h5,7-9,12,14H,2-4,6H2,1H3. The van der Waals surface area contributed by atoms with E-state index in [0.717, 1.165) is 17.7 Å². The van der Waals surface area contributed by atoms with Crippen LogP contribution in [0.15, 0.2) is 18.2 Å². The number of benzene rings is 1. The van der Waals surface area contributed by atoms with Gasteiger partial charge in [0.2, 0.25) is 0 Å². The number of rotatable bonds is 2. The second-order valence-corrected chi connectivity index (χ2v) is 4.65. The molecule has 2 heteroatoms. The molecular weight excluding hydrogens is 186 g/mol. The minimum absolute atomic E-state index is 0.728. The number of fused-ring (bicyclic) bond motifs is 1. The molecule has 0 saturated heterocycles. The van der Waals surface area contributed by atoms with Crippen LogP contribution in [-0.4, -0.2) is 13.2 Å². The Balaban J connectivity index is 1.83. The lowest BCUT2D eigenvalue weighted by Gasteiger charge is -2.27. The molecule has 1 fully saturated rings. The second-order valence-electron chi connectivity index (χ2n) is 4.65. The molecule has 1 N–H and O–H groups in total. The van der Waals surface area contributed by atoms with Crippen LogP contribution >= 0.6 is 0 Å². The van der Waals surface area contributed by atoms with Crippen LogP contribution in [0.3, 0.4) is 0 Å². The van der Waals surface area contributed by atoms with Crippen LogP contribution < -0.4 is 10.1 Å². The third kappa shape index (κ3) is 1.69. The summed E-state index contributed by atoms with van der Waals surface area (Å²) in [5.41, 5.74) is 2.73. The van der Waals surface area contributed by atoms with E-state index in [2.05, 4.69) is 17.4 Å². The van der Waals surface area contributed by atoms with Crippen LogP contribution in [0.2, 0.25) is 0 Å². The summed E-state index contributed by atoms with van der Waals surface area (Å²) in [6, 6.07) is 7.08. The van der Waals surface area contributed by atoms with E-state index in [1.807, 2.05) is 6.07 Å². The Morgan fingerprint density at radius 3 is 2.87 bits per heavy atom. The van der Waals surface area contributed by atoms with Gasteiger partial charge >= 0.3 is 0 Å². The van der Waals surface area contributed by atoms with Crippen molar-refractivity contribution in [3.8, 4) is 5.75 Å². The predicted octanol–water partition coefficient (Wildman–Crippen LogP) is 2.83. The molecule has 0 spiro atoms. The van der Waals surface area contributed by atoms with Crippen molar-refractivity contribution in [3.05, 3.63) is 23.8 Å². The van der Waals surface area contributed by atoms with E-state index in [9.17, 15) is 0 Å². The van der Waals surface area contributed by atoms with E-state index in [0.29, 0.717) is 0 Å². The zero-order chi connectivity index (χ0) is 10.3. The van der Waals surface area contributed by atoms with Gasteiger partial charge in [0, 0.05) is 11.7 Å². The van der Waals surface area contributed by atoms with Gasteiger partial charge in [0.1, 0.15) is 5.75 Å². The van der Waals surface area contributed by atoms with Gasteiger partial charge < -0.3 is 10.1 Å². The van der Waals surface area contributed by atoms with Gasteiger partial charge in [-0.25, -0.2) is 0 Å². The summed E-state index contributed by atoms with van der Waals surface area (Å²) < 4.78 is 5.24. The summed E-state index contributed by atoms with van der Waals surface area (Å²) in [5.74, 6) is 1.92. The predicted molar refractivity (Wildman–Crippen MR) is 61.4 cm³/mol. The molecule has 15 heavy (non-hydrogen) atoms. The Hall–Kier alpha value is -1.18. The van der Waals surface area contributed by atoms with Gasteiger partial charge in [0.05, 0.1) is 7.11 Å². The first-order chi connectivity index (χ1) is 7.36. The topological polar surface area (TPSA) is 21.3 Å². The molecule has 1 unspecified atom stereocenters. The van der Waals surface area contributed by atoms with Crippen molar-refractivity contribution < 1.29 is 4.74 Å². The molecule has 0 amide bonds. The molecule has 2 aliphatic rings. The van der Waals surface area contributed by atoms with E-state index < -0.39 is 0 Å². The van der Waals surface area contributed by atoms with Crippen molar-refractivity contribution in [2.45, 2.75) is 31.7 Å². The molecule has 1 aliphatic heterocycles. The average molecular weight is 203 g/mol. The van der Waals surface area contributed by atoms with Crippen molar-refractivity contribution in [3.63, 3.8) is 0 Å². The average Bonchev–Trinajstić information content (AvgIpc) is 3.11. The van der Waals surface area contributed by atoms with Crippen LogP contribution in [0.4, 0.5) is 5.69 Å². The smallest absolute Gasteiger partial charge is 0.119 e. The van der Waals surface area contributed by atoms with Crippen LogP contribution in [0.5, 0.6) is 5.75 Å². The maximum absolute atomic E-state index is 5.24. The molecule has 1 atom stereocenters. The number of nitrogens with one attached hydrogen (secondary N) is 1. The molecule has 1 aromatic rings. The van der Waals surface area contributed by atoms with Gasteiger partial charge in [0.25, 0.3) is 0 Å². The van der Waals surface area contributed by atoms with E-state index >= 15 is 0 Å². The molecule has 1 saturated carbocycles. The second kappa shape index (κ2) is 3.44. The zero-order valence-electron chi connectivity index (χ0n) is 9.12. The largest absolute Gasteiger partial charge is 0.497 e. The Labute approximate surface area is 90.6 Å². The highest BCUT2D eigenvalue weighted by atomic mass is 16.5. The number of methoxy groups -OCH3 is 1. The molecule has 1 aliphatic carbocycles. The highest BCUT2D eigenvalue weighted by molar-refractivity contribution is 5.56. The molecule has 0 bridgehead atoms. The first-order valence-corrected chi connectivity index (χ1v) is 5.80. The lowest BCUT2D eigenvalue weighted by Crippen LogP contribution is -2.27. The van der Waals surface area contributed by atoms with E-state index in [1.165, 1.54) is 36.9 Å². The summed E-state index contributed by atoms with van der Waals surface area (Å²) >= 11 is 0. The molecule has 1 aromatic carbocycles. The lowest BCUT2D eigenvalue weighted by molar-refractivity contribution is 0.414. The maximum Gasteiger partial charge on any atom is 0.119 e. The fourth-order valence-electron chi connectivity index (χ4n) is 2.48. The number of hydrogen-bond acceptors (Lipinski definition) is 2. The van der Waals surface area contributed by atoms with E-state index in [1.54, 1.807) is 7.11 Å². The molecule has 80 valence electrons. The van der Waals surface area contributed by atoms with Crippen molar-refractivity contribution in [2.75, 3.05) is 12.4 Å². The zero-order valence-corrected chi connectivity index (χ0v) is 9.12. The molecule has 0 radical (unpaired) electrons. The molecular formula is C13H17NO. The Morgan fingerprint density at radius 2 is 2.13 bits per heavy atom. The molecule has 2 nitrogen and oxygen atoms in total. The Bertz CT molecular complexity index is 371. The fraction of sp³-hybridized carbons (Fsp3) is 0.538. The van der Waals surface area contributed by atoms with Gasteiger partial charge in [-0.05, 0) is 55.4 Å². The lowest BCUT2D eigenvalue weighted by atomic mass is 9.95. The van der Waals surface area contributed by atoms with Crippen LogP contribution in [-0.2, 0) is 6.42 Å². The number of hydrogen-bond donors (Lipinski definition) is 1. The van der Waals surface area contributed by atoms with Crippen molar-refractivity contribution >= 4 is 5.69 Å². The van der Waals surface area contributed by atoms with Crippen molar-refractivity contribution in [2.24, 2.45) is 5.92 Å². The summed E-state index contributed by atoms with van der Waals surface area (Å²) in [6.07, 6.45) is 5.32. The Morgan fingerprint density at radius 1 is 1.27 bits per heavy atom. The first kappa shape index (κ1) is 9.08. The first-order valence-electron chi connectivity index (χ1n) is 5.80. The summed E-state index contributed by atoms with van der Waals surface area (Å²) in [5, 5.41) is 3.65. The number of anilines is 1. The minimum Gasteiger partial charge on any atom is -0.497 e. The van der Waals surface area contributed by atoms with Crippen LogP contribution in [0.1, 0.15) is 24.8 Å². The molecule has 3 rings (SSSR count). The highest BCUT2D eigenvalue weighted by Gasteiger charge is 2.33. The third-order valence-corrected chi connectivity index (χ3v) is 3.57. The summed E-state index contributed by atoms with van der Waals surface area (Å²) in [4.78, 5) is 0. The normalized spacial score (nSPS) is 24.2. The minimum atomic E-state index is 0.728. The van der Waals surface area contributed by atoms with Gasteiger partial charge in [-0.2, -0.15) is 0 Å². The summed E-state index contributed by atoms with van der Waals surface area (Å²) in [7, 11) is 1.73. The quantitative estimate of drug-likeness (QED) is 0.798. The highest BCUT2D eigenvalue weighted by Crippen LogP contribution is 2.39. The maximum atomic E-state index is 5.24. The molecule has 0 aromatic heterocycles. The summed E-state index contributed by atoms with van der Waals surface area (Å²) in [6.45, 7) is 0. The van der Waals surface area contributed by atoms with Crippen molar-refractivity contribution in [1.82, 2.24) is 0 Å². The fourth-order valence-corrected chi connectivity index (χ4v) is 2.48. The van der Waals surface area contributed by atoms with Crippen LogP contribution in [0.25, 0.3) is 0 Å². The van der Waals surface area contributed by atoms with Gasteiger partial charge in [-0.15, -0.1) is 0 Å².